The number of aromatic nitrogens is 1. The first kappa shape index (κ1) is 15.8. The van der Waals surface area contributed by atoms with Crippen molar-refractivity contribution in [3.8, 4) is 0 Å². The summed E-state index contributed by atoms with van der Waals surface area (Å²) in [5, 5.41) is 4.06. The first-order valence-corrected chi connectivity index (χ1v) is 7.14. The van der Waals surface area contributed by atoms with E-state index in [4.69, 9.17) is 0 Å². The van der Waals surface area contributed by atoms with E-state index in [1.165, 1.54) is 0 Å². The molecule has 0 saturated heterocycles. The number of carbonyl (C=O) groups is 1. The van der Waals surface area contributed by atoms with E-state index in [-0.39, 0.29) is 5.91 Å². The molecule has 0 bridgehead atoms. The molecule has 1 heterocycles. The Morgan fingerprint density at radius 1 is 1.27 bits per heavy atom. The molecule has 0 aliphatic rings. The van der Waals surface area contributed by atoms with Gasteiger partial charge in [-0.1, -0.05) is 6.07 Å². The molecule has 0 aliphatic heterocycles. The summed E-state index contributed by atoms with van der Waals surface area (Å²) in [7, 11) is 5.89. The predicted octanol–water partition coefficient (Wildman–Crippen LogP) is 2.47. The summed E-state index contributed by atoms with van der Waals surface area (Å²) in [6.07, 6.45) is 1.68. The number of anilines is 1. The lowest BCUT2D eigenvalue weighted by Crippen LogP contribution is -2.18. The number of rotatable bonds is 4. The number of amides is 1. The second-order valence-corrected chi connectivity index (χ2v) is 5.53. The van der Waals surface area contributed by atoms with Crippen LogP contribution in [0.5, 0.6) is 0 Å². The van der Waals surface area contributed by atoms with E-state index in [1.807, 2.05) is 64.2 Å². The highest BCUT2D eigenvalue weighted by Gasteiger charge is 2.07. The molecule has 2 rings (SSSR count). The van der Waals surface area contributed by atoms with Crippen LogP contribution in [0.15, 0.2) is 35.4 Å². The van der Waals surface area contributed by atoms with Crippen molar-refractivity contribution < 1.29 is 4.79 Å². The Morgan fingerprint density at radius 2 is 2.00 bits per heavy atom. The molecule has 5 nitrogen and oxygen atoms in total. The van der Waals surface area contributed by atoms with E-state index in [0.717, 1.165) is 22.6 Å². The van der Waals surface area contributed by atoms with Crippen LogP contribution in [0.2, 0.25) is 0 Å². The fraction of sp³-hybridized carbons (Fsp3) is 0.294. The van der Waals surface area contributed by atoms with Crippen molar-refractivity contribution in [1.29, 1.82) is 0 Å². The van der Waals surface area contributed by atoms with Crippen LogP contribution in [-0.4, -0.2) is 30.8 Å². The lowest BCUT2D eigenvalue weighted by molar-refractivity contribution is 0.0955. The van der Waals surface area contributed by atoms with Gasteiger partial charge in [0, 0.05) is 49.3 Å². The van der Waals surface area contributed by atoms with E-state index in [0.29, 0.717) is 5.56 Å². The number of hydrogen-bond acceptors (Lipinski definition) is 3. The molecule has 1 N–H and O–H groups in total. The third-order valence-corrected chi connectivity index (χ3v) is 3.81. The molecule has 1 amide bonds. The molecule has 0 radical (unpaired) electrons. The summed E-state index contributed by atoms with van der Waals surface area (Å²) >= 11 is 0. The second kappa shape index (κ2) is 6.47. The van der Waals surface area contributed by atoms with Gasteiger partial charge in [-0.25, -0.2) is 5.43 Å². The van der Waals surface area contributed by atoms with Crippen molar-refractivity contribution in [3.05, 3.63) is 52.8 Å². The van der Waals surface area contributed by atoms with E-state index in [2.05, 4.69) is 15.1 Å². The molecule has 22 heavy (non-hydrogen) atoms. The Kier molecular flexibility index (Phi) is 4.65. The SMILES string of the molecule is Cc1cc(/C=N\NC(=O)c2cccc(N(C)C)c2)c(C)n1C. The maximum Gasteiger partial charge on any atom is 0.271 e. The Labute approximate surface area is 131 Å². The molecule has 5 heteroatoms. The third-order valence-electron chi connectivity index (χ3n) is 3.81. The lowest BCUT2D eigenvalue weighted by atomic mass is 10.2. The van der Waals surface area contributed by atoms with Gasteiger partial charge in [-0.15, -0.1) is 0 Å². The minimum Gasteiger partial charge on any atom is -0.378 e. The van der Waals surface area contributed by atoms with Crippen LogP contribution >= 0.6 is 0 Å². The van der Waals surface area contributed by atoms with Crippen molar-refractivity contribution >= 4 is 17.8 Å². The van der Waals surface area contributed by atoms with E-state index < -0.39 is 0 Å². The summed E-state index contributed by atoms with van der Waals surface area (Å²) in [5.41, 5.74) is 7.41. The molecule has 0 spiro atoms. The topological polar surface area (TPSA) is 49.6 Å². The summed E-state index contributed by atoms with van der Waals surface area (Å²) in [5.74, 6) is -0.217. The zero-order valence-electron chi connectivity index (χ0n) is 13.7. The molecule has 1 aromatic heterocycles. The van der Waals surface area contributed by atoms with E-state index in [1.54, 1.807) is 12.3 Å². The fourth-order valence-electron chi connectivity index (χ4n) is 2.17. The van der Waals surface area contributed by atoms with Gasteiger partial charge in [-0.05, 0) is 38.1 Å². The van der Waals surface area contributed by atoms with Gasteiger partial charge in [0.25, 0.3) is 5.91 Å². The largest absolute Gasteiger partial charge is 0.378 e. The number of nitrogens with zero attached hydrogens (tertiary/aromatic N) is 3. The van der Waals surface area contributed by atoms with Crippen molar-refractivity contribution in [2.24, 2.45) is 12.1 Å². The van der Waals surface area contributed by atoms with Crippen LogP contribution in [0.3, 0.4) is 0 Å². The van der Waals surface area contributed by atoms with E-state index >= 15 is 0 Å². The number of nitrogens with one attached hydrogen (secondary N) is 1. The molecular weight excluding hydrogens is 276 g/mol. The summed E-state index contributed by atoms with van der Waals surface area (Å²) < 4.78 is 2.09. The van der Waals surface area contributed by atoms with Crippen molar-refractivity contribution in [1.82, 2.24) is 9.99 Å². The summed E-state index contributed by atoms with van der Waals surface area (Å²) in [6, 6.07) is 9.46. The normalized spacial score (nSPS) is 11.0. The van der Waals surface area contributed by atoms with Gasteiger partial charge in [0.2, 0.25) is 0 Å². The number of hydrogen-bond donors (Lipinski definition) is 1. The van der Waals surface area contributed by atoms with Crippen LogP contribution < -0.4 is 10.3 Å². The molecular formula is C17H22N4O. The number of aryl methyl sites for hydroxylation is 1. The molecule has 0 atom stereocenters. The molecule has 0 fully saturated rings. The van der Waals surface area contributed by atoms with Crippen LogP contribution in [0.1, 0.15) is 27.3 Å². The smallest absolute Gasteiger partial charge is 0.271 e. The maximum atomic E-state index is 12.1. The van der Waals surface area contributed by atoms with Crippen molar-refractivity contribution in [2.75, 3.05) is 19.0 Å². The first-order chi connectivity index (χ1) is 10.4. The first-order valence-electron chi connectivity index (χ1n) is 7.14. The molecule has 116 valence electrons. The molecule has 2 aromatic rings. The molecule has 0 aliphatic carbocycles. The molecule has 0 saturated carbocycles. The number of hydrazone groups is 1. The van der Waals surface area contributed by atoms with Gasteiger partial charge in [-0.3, -0.25) is 4.79 Å². The Bertz CT molecular complexity index is 713. The van der Waals surface area contributed by atoms with Crippen LogP contribution in [0, 0.1) is 13.8 Å². The number of carbonyl (C=O) groups excluding carboxylic acids is 1. The molecule has 1 aromatic carbocycles. The third kappa shape index (κ3) is 3.36. The van der Waals surface area contributed by atoms with Gasteiger partial charge < -0.3 is 9.47 Å². The summed E-state index contributed by atoms with van der Waals surface area (Å²) in [6.45, 7) is 4.06. The Morgan fingerprint density at radius 3 is 2.59 bits per heavy atom. The van der Waals surface area contributed by atoms with Crippen molar-refractivity contribution in [3.63, 3.8) is 0 Å². The second-order valence-electron chi connectivity index (χ2n) is 5.53. The molecule has 0 unspecified atom stereocenters. The minimum absolute atomic E-state index is 0.217. The Hall–Kier alpha value is -2.56. The quantitative estimate of drug-likeness (QED) is 0.696. The average Bonchev–Trinajstić information content (AvgIpc) is 2.74. The lowest BCUT2D eigenvalue weighted by Gasteiger charge is -2.12. The zero-order chi connectivity index (χ0) is 16.3. The highest BCUT2D eigenvalue weighted by Crippen LogP contribution is 2.13. The van der Waals surface area contributed by atoms with Crippen LogP contribution in [-0.2, 0) is 7.05 Å². The highest BCUT2D eigenvalue weighted by molar-refractivity contribution is 5.95. The van der Waals surface area contributed by atoms with Gasteiger partial charge in [0.15, 0.2) is 0 Å². The van der Waals surface area contributed by atoms with Gasteiger partial charge in [0.05, 0.1) is 6.21 Å². The Balaban J connectivity index is 2.08. The average molecular weight is 298 g/mol. The van der Waals surface area contributed by atoms with Gasteiger partial charge in [0.1, 0.15) is 0 Å². The van der Waals surface area contributed by atoms with Crippen molar-refractivity contribution in [2.45, 2.75) is 13.8 Å². The highest BCUT2D eigenvalue weighted by atomic mass is 16.2. The van der Waals surface area contributed by atoms with E-state index in [9.17, 15) is 4.79 Å². The van der Waals surface area contributed by atoms with Crippen LogP contribution in [0.4, 0.5) is 5.69 Å². The fourth-order valence-corrected chi connectivity index (χ4v) is 2.17. The maximum absolute atomic E-state index is 12.1. The van der Waals surface area contributed by atoms with Crippen LogP contribution in [0.25, 0.3) is 0 Å². The van der Waals surface area contributed by atoms with Gasteiger partial charge in [-0.2, -0.15) is 5.10 Å². The predicted molar refractivity (Wildman–Crippen MR) is 90.7 cm³/mol. The standard InChI is InChI=1S/C17H22N4O/c1-12-9-15(13(2)21(12)5)11-18-19-17(22)14-7-6-8-16(10-14)20(3)4/h6-11H,1-5H3,(H,19,22)/b18-11-. The summed E-state index contributed by atoms with van der Waals surface area (Å²) in [4.78, 5) is 14.1. The monoisotopic (exact) mass is 298 g/mol. The van der Waals surface area contributed by atoms with Gasteiger partial charge >= 0.3 is 0 Å². The zero-order valence-corrected chi connectivity index (χ0v) is 13.7. The number of benzene rings is 1. The minimum atomic E-state index is -0.217.